The Balaban J connectivity index is 2.08. The lowest BCUT2D eigenvalue weighted by Crippen LogP contribution is -2.03. The van der Waals surface area contributed by atoms with Crippen LogP contribution in [0, 0.1) is 19.7 Å². The monoisotopic (exact) mass is 256 g/mol. The Morgan fingerprint density at radius 3 is 2.53 bits per heavy atom. The molecule has 0 bridgehead atoms. The van der Waals surface area contributed by atoms with Crippen LogP contribution in [0.2, 0.25) is 0 Å². The lowest BCUT2D eigenvalue weighted by atomic mass is 9.99. The van der Waals surface area contributed by atoms with E-state index in [0.717, 1.165) is 5.56 Å². The summed E-state index contributed by atoms with van der Waals surface area (Å²) in [5.74, 6) is -0.356. The minimum absolute atomic E-state index is 0.00847. The third kappa shape index (κ3) is 3.50. The molecule has 0 aliphatic rings. The Kier molecular flexibility index (Phi) is 4.10. The van der Waals surface area contributed by atoms with Crippen molar-refractivity contribution >= 4 is 5.78 Å². The standard InChI is InChI=1S/C17H17FO/c1-12-9-15(11-16(18)10-12)17(19)8-7-14-6-4-3-5-13(14)2/h3-6,9-11H,7-8H2,1-2H3. The van der Waals surface area contributed by atoms with Gasteiger partial charge in [-0.3, -0.25) is 4.79 Å². The van der Waals surface area contributed by atoms with Crippen molar-refractivity contribution in [3.63, 3.8) is 0 Å². The highest BCUT2D eigenvalue weighted by molar-refractivity contribution is 5.96. The minimum atomic E-state index is -0.348. The quantitative estimate of drug-likeness (QED) is 0.747. The fraction of sp³-hybridized carbons (Fsp3) is 0.235. The van der Waals surface area contributed by atoms with Crippen LogP contribution in [0.5, 0.6) is 0 Å². The first-order valence-corrected chi connectivity index (χ1v) is 6.41. The number of hydrogen-bond acceptors (Lipinski definition) is 1. The Morgan fingerprint density at radius 2 is 1.84 bits per heavy atom. The number of ketones is 1. The van der Waals surface area contributed by atoms with E-state index in [0.29, 0.717) is 18.4 Å². The molecule has 0 unspecified atom stereocenters. The smallest absolute Gasteiger partial charge is 0.163 e. The van der Waals surface area contributed by atoms with Crippen molar-refractivity contribution in [1.29, 1.82) is 0 Å². The topological polar surface area (TPSA) is 17.1 Å². The molecule has 0 aliphatic heterocycles. The molecule has 0 saturated carbocycles. The van der Waals surface area contributed by atoms with E-state index in [9.17, 15) is 9.18 Å². The Morgan fingerprint density at radius 1 is 1.11 bits per heavy atom. The van der Waals surface area contributed by atoms with E-state index in [4.69, 9.17) is 0 Å². The number of halogens is 1. The van der Waals surface area contributed by atoms with Crippen molar-refractivity contribution in [2.24, 2.45) is 0 Å². The van der Waals surface area contributed by atoms with E-state index in [-0.39, 0.29) is 11.6 Å². The molecule has 0 aliphatic carbocycles. The second kappa shape index (κ2) is 5.79. The summed E-state index contributed by atoms with van der Waals surface area (Å²) in [6.07, 6.45) is 1.11. The highest BCUT2D eigenvalue weighted by atomic mass is 19.1. The molecule has 2 aromatic carbocycles. The molecule has 2 rings (SSSR count). The van der Waals surface area contributed by atoms with E-state index < -0.39 is 0 Å². The number of carbonyl (C=O) groups is 1. The number of carbonyl (C=O) groups excluding carboxylic acids is 1. The Hall–Kier alpha value is -1.96. The van der Waals surface area contributed by atoms with Crippen molar-refractivity contribution in [2.75, 3.05) is 0 Å². The summed E-state index contributed by atoms with van der Waals surface area (Å²) in [6, 6.07) is 12.5. The molecule has 0 amide bonds. The van der Waals surface area contributed by atoms with E-state index in [1.807, 2.05) is 31.2 Å². The van der Waals surface area contributed by atoms with Gasteiger partial charge in [0, 0.05) is 12.0 Å². The summed E-state index contributed by atoms with van der Waals surface area (Å²) in [7, 11) is 0. The van der Waals surface area contributed by atoms with Gasteiger partial charge in [0.1, 0.15) is 5.82 Å². The van der Waals surface area contributed by atoms with Crippen molar-refractivity contribution in [3.8, 4) is 0 Å². The van der Waals surface area contributed by atoms with E-state index >= 15 is 0 Å². The van der Waals surface area contributed by atoms with Crippen LogP contribution in [0.3, 0.4) is 0 Å². The predicted octanol–water partition coefficient (Wildman–Crippen LogP) is 4.26. The second-order valence-electron chi connectivity index (χ2n) is 4.87. The average Bonchev–Trinajstić information content (AvgIpc) is 2.36. The lowest BCUT2D eigenvalue weighted by molar-refractivity contribution is 0.0982. The Bertz CT molecular complexity index is 582. The first kappa shape index (κ1) is 13.5. The van der Waals surface area contributed by atoms with Crippen LogP contribution < -0.4 is 0 Å². The van der Waals surface area contributed by atoms with Gasteiger partial charge < -0.3 is 0 Å². The second-order valence-corrected chi connectivity index (χ2v) is 4.87. The summed E-state index contributed by atoms with van der Waals surface area (Å²) < 4.78 is 13.3. The molecule has 98 valence electrons. The molecular weight excluding hydrogens is 239 g/mol. The number of aryl methyl sites for hydroxylation is 3. The van der Waals surface area contributed by atoms with Crippen LogP contribution in [0.25, 0.3) is 0 Å². The molecule has 0 fully saturated rings. The summed E-state index contributed by atoms with van der Waals surface area (Å²) in [5.41, 5.74) is 3.60. The molecular formula is C17H17FO. The zero-order chi connectivity index (χ0) is 13.8. The van der Waals surface area contributed by atoms with Crippen LogP contribution in [0.1, 0.15) is 33.5 Å². The lowest BCUT2D eigenvalue weighted by Gasteiger charge is -2.06. The van der Waals surface area contributed by atoms with E-state index in [1.165, 1.54) is 23.3 Å². The summed E-state index contributed by atoms with van der Waals surface area (Å²) in [4.78, 5) is 12.1. The minimum Gasteiger partial charge on any atom is -0.294 e. The van der Waals surface area contributed by atoms with Gasteiger partial charge in [-0.15, -0.1) is 0 Å². The third-order valence-corrected chi connectivity index (χ3v) is 3.25. The van der Waals surface area contributed by atoms with Crippen LogP contribution in [0.4, 0.5) is 4.39 Å². The average molecular weight is 256 g/mol. The highest BCUT2D eigenvalue weighted by Gasteiger charge is 2.09. The van der Waals surface area contributed by atoms with Gasteiger partial charge in [-0.2, -0.15) is 0 Å². The highest BCUT2D eigenvalue weighted by Crippen LogP contribution is 2.14. The Labute approximate surface area is 113 Å². The number of hydrogen-bond donors (Lipinski definition) is 0. The predicted molar refractivity (Wildman–Crippen MR) is 75.0 cm³/mol. The largest absolute Gasteiger partial charge is 0.294 e. The summed E-state index contributed by atoms with van der Waals surface area (Å²) in [5, 5.41) is 0. The van der Waals surface area contributed by atoms with Crippen LogP contribution in [0.15, 0.2) is 42.5 Å². The molecule has 1 nitrogen and oxygen atoms in total. The van der Waals surface area contributed by atoms with Crippen LogP contribution in [-0.4, -0.2) is 5.78 Å². The van der Waals surface area contributed by atoms with Crippen LogP contribution >= 0.6 is 0 Å². The zero-order valence-electron chi connectivity index (χ0n) is 11.2. The summed E-state index contributed by atoms with van der Waals surface area (Å²) >= 11 is 0. The van der Waals surface area contributed by atoms with Gasteiger partial charge >= 0.3 is 0 Å². The van der Waals surface area contributed by atoms with Gasteiger partial charge in [-0.25, -0.2) is 4.39 Å². The first-order chi connectivity index (χ1) is 9.06. The number of Topliss-reactive ketones (excluding diaryl/α,β-unsaturated/α-hetero) is 1. The van der Waals surface area contributed by atoms with E-state index in [2.05, 4.69) is 0 Å². The maximum atomic E-state index is 13.3. The molecule has 0 N–H and O–H groups in total. The fourth-order valence-electron chi connectivity index (χ4n) is 2.18. The van der Waals surface area contributed by atoms with Crippen molar-refractivity contribution in [2.45, 2.75) is 26.7 Å². The summed E-state index contributed by atoms with van der Waals surface area (Å²) in [6.45, 7) is 3.83. The number of benzene rings is 2. The number of rotatable bonds is 4. The maximum absolute atomic E-state index is 13.3. The molecule has 0 aromatic heterocycles. The van der Waals surface area contributed by atoms with Gasteiger partial charge in [-0.05, 0) is 55.2 Å². The van der Waals surface area contributed by atoms with Crippen molar-refractivity contribution in [3.05, 3.63) is 70.5 Å². The zero-order valence-corrected chi connectivity index (χ0v) is 11.2. The van der Waals surface area contributed by atoms with Gasteiger partial charge in [-0.1, -0.05) is 24.3 Å². The van der Waals surface area contributed by atoms with Crippen molar-refractivity contribution in [1.82, 2.24) is 0 Å². The van der Waals surface area contributed by atoms with Gasteiger partial charge in [0.25, 0.3) is 0 Å². The third-order valence-electron chi connectivity index (χ3n) is 3.25. The molecule has 0 saturated heterocycles. The molecule has 2 aromatic rings. The fourth-order valence-corrected chi connectivity index (χ4v) is 2.18. The molecule has 19 heavy (non-hydrogen) atoms. The van der Waals surface area contributed by atoms with Gasteiger partial charge in [0.15, 0.2) is 5.78 Å². The van der Waals surface area contributed by atoms with Crippen molar-refractivity contribution < 1.29 is 9.18 Å². The maximum Gasteiger partial charge on any atom is 0.163 e. The van der Waals surface area contributed by atoms with Gasteiger partial charge in [0.05, 0.1) is 0 Å². The molecule has 2 heteroatoms. The molecule has 0 radical (unpaired) electrons. The molecule has 0 atom stereocenters. The normalized spacial score (nSPS) is 10.5. The SMILES string of the molecule is Cc1cc(F)cc(C(=O)CCc2ccccc2C)c1. The van der Waals surface area contributed by atoms with E-state index in [1.54, 1.807) is 13.0 Å². The first-order valence-electron chi connectivity index (χ1n) is 6.41. The molecule has 0 spiro atoms. The van der Waals surface area contributed by atoms with Gasteiger partial charge in [0.2, 0.25) is 0 Å². The van der Waals surface area contributed by atoms with Crippen LogP contribution in [-0.2, 0) is 6.42 Å². The molecule has 0 heterocycles.